The minimum Gasteiger partial charge on any atom is -0.409 e. The number of nitrogens with two attached hydrogens (primary N) is 1. The van der Waals surface area contributed by atoms with Gasteiger partial charge in [-0.2, -0.15) is 13.2 Å². The monoisotopic (exact) mass is 353 g/mol. The molecule has 0 radical (unpaired) electrons. The molecule has 5 nitrogen and oxygen atoms in total. The van der Waals surface area contributed by atoms with Crippen molar-refractivity contribution in [3.8, 4) is 0 Å². The molecule has 110 valence electrons. The van der Waals surface area contributed by atoms with E-state index in [0.717, 1.165) is 12.1 Å². The van der Waals surface area contributed by atoms with Gasteiger partial charge in [-0.05, 0) is 25.1 Å². The number of amidine groups is 1. The van der Waals surface area contributed by atoms with Gasteiger partial charge in [-0.15, -0.1) is 0 Å². The van der Waals surface area contributed by atoms with Gasteiger partial charge in [0.05, 0.1) is 11.5 Å². The van der Waals surface area contributed by atoms with E-state index < -0.39 is 23.6 Å². The van der Waals surface area contributed by atoms with Crippen LogP contribution in [-0.2, 0) is 11.0 Å². The van der Waals surface area contributed by atoms with Crippen LogP contribution in [0.2, 0.25) is 0 Å². The van der Waals surface area contributed by atoms with Gasteiger partial charge in [-0.3, -0.25) is 4.79 Å². The summed E-state index contributed by atoms with van der Waals surface area (Å²) in [5, 5.41) is 13.4. The van der Waals surface area contributed by atoms with Gasteiger partial charge in [0.2, 0.25) is 5.91 Å². The maximum atomic E-state index is 12.6. The van der Waals surface area contributed by atoms with Gasteiger partial charge in [0, 0.05) is 10.2 Å². The highest BCUT2D eigenvalue weighted by atomic mass is 79.9. The van der Waals surface area contributed by atoms with Gasteiger partial charge in [0.1, 0.15) is 0 Å². The maximum absolute atomic E-state index is 12.6. The highest BCUT2D eigenvalue weighted by molar-refractivity contribution is 9.10. The number of hydrogen-bond donors (Lipinski definition) is 3. The van der Waals surface area contributed by atoms with Crippen LogP contribution < -0.4 is 11.1 Å². The third-order valence-electron chi connectivity index (χ3n) is 2.45. The Hall–Kier alpha value is -1.77. The van der Waals surface area contributed by atoms with Crippen LogP contribution in [-0.4, -0.2) is 17.0 Å². The minimum absolute atomic E-state index is 0.0470. The van der Waals surface area contributed by atoms with Crippen molar-refractivity contribution < 1.29 is 23.2 Å². The standard InChI is InChI=1S/C11H11BrF3N3O2/c1-5(9(16)18-20)10(19)17-8-3-6(11(13,14)15)2-7(12)4-8/h2-5,20H,1H3,(H2,16,18)(H,17,19). The highest BCUT2D eigenvalue weighted by Gasteiger charge is 2.31. The lowest BCUT2D eigenvalue weighted by Gasteiger charge is -2.13. The number of halogens is 4. The molecule has 9 heteroatoms. The fraction of sp³-hybridized carbons (Fsp3) is 0.273. The number of alkyl halides is 3. The number of rotatable bonds is 3. The minimum atomic E-state index is -4.53. The summed E-state index contributed by atoms with van der Waals surface area (Å²) in [6.45, 7) is 1.35. The molecule has 0 aliphatic carbocycles. The molecular formula is C11H11BrF3N3O2. The molecule has 1 unspecified atom stereocenters. The van der Waals surface area contributed by atoms with Crippen molar-refractivity contribution in [1.82, 2.24) is 0 Å². The van der Waals surface area contributed by atoms with E-state index in [1.54, 1.807) is 0 Å². The number of carbonyl (C=O) groups is 1. The summed E-state index contributed by atoms with van der Waals surface area (Å²) in [5.41, 5.74) is 4.30. The summed E-state index contributed by atoms with van der Waals surface area (Å²) in [5.74, 6) is -2.01. The van der Waals surface area contributed by atoms with E-state index in [0.29, 0.717) is 0 Å². The van der Waals surface area contributed by atoms with E-state index in [4.69, 9.17) is 10.9 Å². The third kappa shape index (κ3) is 4.12. The maximum Gasteiger partial charge on any atom is 0.416 e. The molecule has 0 spiro atoms. The zero-order valence-corrected chi connectivity index (χ0v) is 11.8. The summed E-state index contributed by atoms with van der Waals surface area (Å²) in [4.78, 5) is 11.7. The van der Waals surface area contributed by atoms with E-state index in [1.165, 1.54) is 13.0 Å². The summed E-state index contributed by atoms with van der Waals surface area (Å²) >= 11 is 2.94. The SMILES string of the molecule is CC(C(=O)Nc1cc(Br)cc(C(F)(F)F)c1)C(N)=NO. The number of nitrogens with zero attached hydrogens (tertiary/aromatic N) is 1. The number of oxime groups is 1. The first-order valence-corrected chi connectivity index (χ1v) is 6.10. The van der Waals surface area contributed by atoms with Crippen LogP contribution in [0.3, 0.4) is 0 Å². The number of nitrogens with one attached hydrogen (secondary N) is 1. The van der Waals surface area contributed by atoms with Crippen LogP contribution in [0.15, 0.2) is 27.8 Å². The first-order valence-electron chi connectivity index (χ1n) is 5.31. The van der Waals surface area contributed by atoms with Crippen LogP contribution in [0.1, 0.15) is 12.5 Å². The van der Waals surface area contributed by atoms with E-state index in [2.05, 4.69) is 26.4 Å². The van der Waals surface area contributed by atoms with E-state index >= 15 is 0 Å². The Morgan fingerprint density at radius 3 is 2.55 bits per heavy atom. The fourth-order valence-electron chi connectivity index (χ4n) is 1.30. The first kappa shape index (κ1) is 16.3. The molecular weight excluding hydrogens is 343 g/mol. The molecule has 1 aromatic carbocycles. The molecule has 0 heterocycles. The molecule has 0 saturated heterocycles. The Bertz CT molecular complexity index is 546. The van der Waals surface area contributed by atoms with Crippen LogP contribution in [0.5, 0.6) is 0 Å². The molecule has 20 heavy (non-hydrogen) atoms. The van der Waals surface area contributed by atoms with Crippen LogP contribution in [0.4, 0.5) is 18.9 Å². The zero-order valence-electron chi connectivity index (χ0n) is 10.2. The van der Waals surface area contributed by atoms with Crippen molar-refractivity contribution in [2.24, 2.45) is 16.8 Å². The Kier molecular flexibility index (Phi) is 4.98. The molecule has 0 aliphatic rings. The number of carbonyl (C=O) groups excluding carboxylic acids is 1. The Morgan fingerprint density at radius 2 is 2.05 bits per heavy atom. The molecule has 0 saturated carbocycles. The van der Waals surface area contributed by atoms with Gasteiger partial charge in [0.15, 0.2) is 5.84 Å². The van der Waals surface area contributed by atoms with Gasteiger partial charge >= 0.3 is 6.18 Å². The molecule has 1 aromatic rings. The van der Waals surface area contributed by atoms with Crippen molar-refractivity contribution in [2.45, 2.75) is 13.1 Å². The quantitative estimate of drug-likeness (QED) is 0.338. The van der Waals surface area contributed by atoms with E-state index in [1.807, 2.05) is 0 Å². The lowest BCUT2D eigenvalue weighted by atomic mass is 10.1. The van der Waals surface area contributed by atoms with Gasteiger partial charge in [-0.25, -0.2) is 0 Å². The van der Waals surface area contributed by atoms with Crippen LogP contribution >= 0.6 is 15.9 Å². The molecule has 4 N–H and O–H groups in total. The smallest absolute Gasteiger partial charge is 0.409 e. The third-order valence-corrected chi connectivity index (χ3v) is 2.90. The predicted octanol–water partition coefficient (Wildman–Crippen LogP) is 2.79. The Labute approximate surface area is 120 Å². The summed E-state index contributed by atoms with van der Waals surface area (Å²) in [6, 6.07) is 3.00. The van der Waals surface area contributed by atoms with Crippen molar-refractivity contribution in [1.29, 1.82) is 0 Å². The lowest BCUT2D eigenvalue weighted by molar-refractivity contribution is -0.137. The van der Waals surface area contributed by atoms with E-state index in [9.17, 15) is 18.0 Å². The van der Waals surface area contributed by atoms with Gasteiger partial charge in [0.25, 0.3) is 0 Å². The lowest BCUT2D eigenvalue weighted by Crippen LogP contribution is -2.32. The molecule has 0 aliphatic heterocycles. The molecule has 1 amide bonds. The second-order valence-electron chi connectivity index (χ2n) is 3.96. The Balaban J connectivity index is 2.99. The molecule has 0 aromatic heterocycles. The predicted molar refractivity (Wildman–Crippen MR) is 70.3 cm³/mol. The van der Waals surface area contributed by atoms with Crippen molar-refractivity contribution in [3.05, 3.63) is 28.2 Å². The highest BCUT2D eigenvalue weighted by Crippen LogP contribution is 2.33. The molecule has 1 atom stereocenters. The Morgan fingerprint density at radius 1 is 1.45 bits per heavy atom. The molecule has 1 rings (SSSR count). The van der Waals surface area contributed by atoms with Crippen molar-refractivity contribution in [2.75, 3.05) is 5.32 Å². The number of benzene rings is 1. The topological polar surface area (TPSA) is 87.7 Å². The van der Waals surface area contributed by atoms with Crippen molar-refractivity contribution in [3.63, 3.8) is 0 Å². The van der Waals surface area contributed by atoms with Crippen LogP contribution in [0.25, 0.3) is 0 Å². The number of anilines is 1. The average Bonchev–Trinajstić information content (AvgIpc) is 2.35. The summed E-state index contributed by atoms with van der Waals surface area (Å²) < 4.78 is 38.0. The first-order chi connectivity index (χ1) is 9.15. The normalized spacial score (nSPS) is 13.9. The van der Waals surface area contributed by atoms with Crippen LogP contribution in [0, 0.1) is 5.92 Å². The second-order valence-corrected chi connectivity index (χ2v) is 4.88. The van der Waals surface area contributed by atoms with Gasteiger partial charge in [-0.1, -0.05) is 21.1 Å². The molecule has 0 fully saturated rings. The number of hydrogen-bond acceptors (Lipinski definition) is 3. The molecule has 0 bridgehead atoms. The van der Waals surface area contributed by atoms with Crippen molar-refractivity contribution >= 4 is 33.4 Å². The average molecular weight is 354 g/mol. The second kappa shape index (κ2) is 6.12. The largest absolute Gasteiger partial charge is 0.416 e. The van der Waals surface area contributed by atoms with E-state index in [-0.39, 0.29) is 16.0 Å². The van der Waals surface area contributed by atoms with Gasteiger partial charge < -0.3 is 16.3 Å². The summed E-state index contributed by atoms with van der Waals surface area (Å²) in [6.07, 6.45) is -4.53. The summed E-state index contributed by atoms with van der Waals surface area (Å²) in [7, 11) is 0. The number of amides is 1. The zero-order chi connectivity index (χ0) is 15.5. The fourth-order valence-corrected chi connectivity index (χ4v) is 1.79.